The average Bonchev–Trinajstić information content (AvgIpc) is 2.31. The summed E-state index contributed by atoms with van der Waals surface area (Å²) >= 11 is 7.30. The van der Waals surface area contributed by atoms with E-state index in [1.54, 1.807) is 12.1 Å². The summed E-state index contributed by atoms with van der Waals surface area (Å²) in [6.07, 6.45) is 0.617. The number of halogens is 1. The van der Waals surface area contributed by atoms with Crippen LogP contribution in [0, 0.1) is 0 Å². The third-order valence-corrected chi connectivity index (χ3v) is 3.79. The molecule has 0 aliphatic heterocycles. The second-order valence-corrected chi connectivity index (χ2v) is 5.10. The highest BCUT2D eigenvalue weighted by Gasteiger charge is 2.14. The van der Waals surface area contributed by atoms with E-state index in [9.17, 15) is 4.79 Å². The molecule has 0 amide bonds. The number of carbonyl (C=O) groups is 1. The Hall–Kier alpha value is -0.870. The lowest BCUT2D eigenvalue weighted by molar-refractivity contribution is -0.136. The molecule has 0 aliphatic rings. The van der Waals surface area contributed by atoms with E-state index in [0.29, 0.717) is 29.6 Å². The fraction of sp³-hybridized carbons (Fsp3) is 0.417. The van der Waals surface area contributed by atoms with Gasteiger partial charge in [0.2, 0.25) is 0 Å². The van der Waals surface area contributed by atoms with Crippen molar-refractivity contribution in [2.45, 2.75) is 18.6 Å². The van der Waals surface area contributed by atoms with Gasteiger partial charge in [0, 0.05) is 5.75 Å². The van der Waals surface area contributed by atoms with Crippen LogP contribution in [0.5, 0.6) is 5.75 Å². The first kappa shape index (κ1) is 14.2. The average molecular weight is 275 g/mol. The number of benzene rings is 1. The van der Waals surface area contributed by atoms with Crippen LogP contribution in [-0.4, -0.2) is 28.7 Å². The summed E-state index contributed by atoms with van der Waals surface area (Å²) in [5, 5.41) is 9.07. The van der Waals surface area contributed by atoms with Gasteiger partial charge in [0.05, 0.1) is 11.6 Å². The number of thioether (sulfide) groups is 1. The van der Waals surface area contributed by atoms with Crippen molar-refractivity contribution in [1.29, 1.82) is 0 Å². The van der Waals surface area contributed by atoms with Gasteiger partial charge in [-0.25, -0.2) is 0 Å². The largest absolute Gasteiger partial charge is 0.491 e. The number of carboxylic acids is 1. The molecule has 1 aromatic rings. The lowest BCUT2D eigenvalue weighted by Gasteiger charge is -2.10. The fourth-order valence-electron chi connectivity index (χ4n) is 1.27. The fourth-order valence-corrected chi connectivity index (χ4v) is 2.30. The van der Waals surface area contributed by atoms with Crippen molar-refractivity contribution in [2.75, 3.05) is 12.4 Å². The molecule has 5 heteroatoms. The summed E-state index contributed by atoms with van der Waals surface area (Å²) < 4.78 is 5.47. The Morgan fingerprint density at radius 2 is 2.24 bits per heavy atom. The van der Waals surface area contributed by atoms with Crippen LogP contribution in [0.2, 0.25) is 5.02 Å². The van der Waals surface area contributed by atoms with Crippen molar-refractivity contribution in [3.63, 3.8) is 0 Å². The van der Waals surface area contributed by atoms with Crippen molar-refractivity contribution in [3.8, 4) is 5.75 Å². The first-order valence-corrected chi connectivity index (χ1v) is 6.79. The van der Waals surface area contributed by atoms with E-state index in [4.69, 9.17) is 21.4 Å². The van der Waals surface area contributed by atoms with E-state index in [-0.39, 0.29) is 5.25 Å². The first-order valence-electron chi connectivity index (χ1n) is 5.37. The minimum Gasteiger partial charge on any atom is -0.491 e. The highest BCUT2D eigenvalue weighted by atomic mass is 35.5. The molecule has 0 spiro atoms. The number of carboxylic acid groups (broad SMARTS) is 1. The van der Waals surface area contributed by atoms with Gasteiger partial charge in [-0.05, 0) is 18.6 Å². The van der Waals surface area contributed by atoms with Crippen molar-refractivity contribution < 1.29 is 14.6 Å². The number of hydrogen-bond acceptors (Lipinski definition) is 3. The molecule has 1 N–H and O–H groups in total. The van der Waals surface area contributed by atoms with Gasteiger partial charge >= 0.3 is 5.97 Å². The highest BCUT2D eigenvalue weighted by molar-refractivity contribution is 8.00. The highest BCUT2D eigenvalue weighted by Crippen LogP contribution is 2.23. The van der Waals surface area contributed by atoms with Crippen LogP contribution >= 0.6 is 23.4 Å². The maximum Gasteiger partial charge on any atom is 0.316 e. The van der Waals surface area contributed by atoms with Gasteiger partial charge in [-0.2, -0.15) is 0 Å². The summed E-state index contributed by atoms with van der Waals surface area (Å²) in [4.78, 5) is 10.8. The Morgan fingerprint density at radius 3 is 2.82 bits per heavy atom. The standard InChI is InChI=1S/C12H15ClO3S/c1-2-11(12(14)15)17-8-7-16-10-6-4-3-5-9(10)13/h3-6,11H,2,7-8H2,1H3,(H,14,15). The Balaban J connectivity index is 2.29. The third-order valence-electron chi connectivity index (χ3n) is 2.14. The zero-order chi connectivity index (χ0) is 12.7. The molecule has 0 aliphatic carbocycles. The monoisotopic (exact) mass is 274 g/mol. The van der Waals surface area contributed by atoms with Crippen LogP contribution in [0.25, 0.3) is 0 Å². The summed E-state index contributed by atoms with van der Waals surface area (Å²) in [7, 11) is 0. The Bertz CT molecular complexity index is 371. The molecule has 3 nitrogen and oxygen atoms in total. The maximum absolute atomic E-state index is 10.8. The smallest absolute Gasteiger partial charge is 0.316 e. The molecule has 1 atom stereocenters. The maximum atomic E-state index is 10.8. The van der Waals surface area contributed by atoms with Gasteiger partial charge in [0.15, 0.2) is 0 Å². The molecular formula is C12H15ClO3S. The predicted molar refractivity (Wildman–Crippen MR) is 71.1 cm³/mol. The number of hydrogen-bond donors (Lipinski definition) is 1. The molecule has 0 fully saturated rings. The van der Waals surface area contributed by atoms with E-state index < -0.39 is 5.97 Å². The van der Waals surface area contributed by atoms with Crippen molar-refractivity contribution in [3.05, 3.63) is 29.3 Å². The van der Waals surface area contributed by atoms with Crippen LogP contribution in [0.15, 0.2) is 24.3 Å². The molecule has 17 heavy (non-hydrogen) atoms. The quantitative estimate of drug-likeness (QED) is 0.775. The third kappa shape index (κ3) is 4.88. The van der Waals surface area contributed by atoms with Crippen LogP contribution in [0.3, 0.4) is 0 Å². The topological polar surface area (TPSA) is 46.5 Å². The number of ether oxygens (including phenoxy) is 1. The normalized spacial score (nSPS) is 12.1. The van der Waals surface area contributed by atoms with Crippen LogP contribution < -0.4 is 4.74 Å². The van der Waals surface area contributed by atoms with Gasteiger partial charge in [0.1, 0.15) is 11.0 Å². The Labute approximate surface area is 110 Å². The molecular weight excluding hydrogens is 260 g/mol. The molecule has 0 saturated carbocycles. The number of rotatable bonds is 7. The lowest BCUT2D eigenvalue weighted by Crippen LogP contribution is -2.17. The first-order chi connectivity index (χ1) is 8.15. The summed E-state index contributed by atoms with van der Waals surface area (Å²) in [5.74, 6) is 0.504. The molecule has 0 bridgehead atoms. The molecule has 1 rings (SSSR count). The molecule has 0 aromatic heterocycles. The van der Waals surface area contributed by atoms with Crippen LogP contribution in [0.1, 0.15) is 13.3 Å². The van der Waals surface area contributed by atoms with Gasteiger partial charge in [0.25, 0.3) is 0 Å². The van der Waals surface area contributed by atoms with Gasteiger partial charge < -0.3 is 9.84 Å². The summed E-state index contributed by atoms with van der Waals surface area (Å²) in [6, 6.07) is 7.24. The molecule has 0 heterocycles. The summed E-state index contributed by atoms with van der Waals surface area (Å²) in [5.41, 5.74) is 0. The minimum atomic E-state index is -0.768. The van der Waals surface area contributed by atoms with E-state index in [2.05, 4.69) is 0 Å². The SMILES string of the molecule is CCC(SCCOc1ccccc1Cl)C(=O)O. The minimum absolute atomic E-state index is 0.357. The molecule has 1 unspecified atom stereocenters. The molecule has 1 aromatic carbocycles. The molecule has 0 radical (unpaired) electrons. The Morgan fingerprint density at radius 1 is 1.53 bits per heavy atom. The molecule has 0 saturated heterocycles. The van der Waals surface area contributed by atoms with E-state index in [0.717, 1.165) is 0 Å². The zero-order valence-corrected chi connectivity index (χ0v) is 11.1. The number of aliphatic carboxylic acids is 1. The van der Waals surface area contributed by atoms with E-state index in [1.165, 1.54) is 11.8 Å². The second kappa shape index (κ2) is 7.45. The van der Waals surface area contributed by atoms with Gasteiger partial charge in [-0.3, -0.25) is 4.79 Å². The molecule has 94 valence electrons. The van der Waals surface area contributed by atoms with Crippen molar-refractivity contribution in [2.24, 2.45) is 0 Å². The van der Waals surface area contributed by atoms with E-state index >= 15 is 0 Å². The van der Waals surface area contributed by atoms with Crippen molar-refractivity contribution in [1.82, 2.24) is 0 Å². The van der Waals surface area contributed by atoms with Crippen LogP contribution in [-0.2, 0) is 4.79 Å². The van der Waals surface area contributed by atoms with Gasteiger partial charge in [-0.15, -0.1) is 11.8 Å². The second-order valence-electron chi connectivity index (χ2n) is 3.38. The Kier molecular flexibility index (Phi) is 6.22. The van der Waals surface area contributed by atoms with E-state index in [1.807, 2.05) is 19.1 Å². The van der Waals surface area contributed by atoms with Crippen molar-refractivity contribution >= 4 is 29.3 Å². The predicted octanol–water partition coefficient (Wildman–Crippen LogP) is 3.32. The van der Waals surface area contributed by atoms with Gasteiger partial charge in [-0.1, -0.05) is 30.7 Å². The zero-order valence-electron chi connectivity index (χ0n) is 9.56. The van der Waals surface area contributed by atoms with Crippen LogP contribution in [0.4, 0.5) is 0 Å². The summed E-state index contributed by atoms with van der Waals surface area (Å²) in [6.45, 7) is 2.32. The lowest BCUT2D eigenvalue weighted by atomic mass is 10.3. The number of para-hydroxylation sites is 1.